The fourth-order valence-corrected chi connectivity index (χ4v) is 5.77. The number of carbonyl (C=O) groups excluding carboxylic acids is 3. The summed E-state index contributed by atoms with van der Waals surface area (Å²) >= 11 is 3.03. The summed E-state index contributed by atoms with van der Waals surface area (Å²) in [5, 5.41) is -0.435. The molecule has 0 unspecified atom stereocenters. The van der Waals surface area contributed by atoms with Crippen LogP contribution >= 0.6 is 34.4 Å². The fourth-order valence-electron chi connectivity index (χ4n) is 4.15. The molecule has 3 amide bonds. The van der Waals surface area contributed by atoms with Crippen LogP contribution in [-0.4, -0.2) is 72.8 Å². The van der Waals surface area contributed by atoms with Crippen molar-refractivity contribution in [3.63, 3.8) is 0 Å². The number of carbonyl (C=O) groups is 3. The van der Waals surface area contributed by atoms with Crippen LogP contribution in [0.5, 0.6) is 11.5 Å². The zero-order valence-electron chi connectivity index (χ0n) is 20.9. The molecule has 2 aliphatic heterocycles. The molecule has 10 heteroatoms. The van der Waals surface area contributed by atoms with E-state index in [1.54, 1.807) is 11.0 Å². The molecular formula is C27H30IN3O5S. The monoisotopic (exact) mass is 635 g/mol. The first-order valence-electron chi connectivity index (χ1n) is 12.3. The summed E-state index contributed by atoms with van der Waals surface area (Å²) in [7, 11) is 0. The zero-order chi connectivity index (χ0) is 26.4. The van der Waals surface area contributed by atoms with Crippen LogP contribution in [0.4, 0.5) is 10.5 Å². The van der Waals surface area contributed by atoms with Gasteiger partial charge in [0.25, 0.3) is 11.1 Å². The molecule has 37 heavy (non-hydrogen) atoms. The number of imide groups is 1. The predicted molar refractivity (Wildman–Crippen MR) is 154 cm³/mol. The summed E-state index contributed by atoms with van der Waals surface area (Å²) in [5.41, 5.74) is 1.85. The number of benzene rings is 2. The summed E-state index contributed by atoms with van der Waals surface area (Å²) in [5.74, 6) is 0.595. The molecule has 2 saturated heterocycles. The number of thioether (sulfide) groups is 1. The Morgan fingerprint density at radius 2 is 1.78 bits per heavy atom. The van der Waals surface area contributed by atoms with Crippen molar-refractivity contribution in [1.82, 2.24) is 9.80 Å². The van der Waals surface area contributed by atoms with Gasteiger partial charge in [0.05, 0.1) is 21.7 Å². The van der Waals surface area contributed by atoms with Crippen molar-refractivity contribution in [2.45, 2.75) is 20.3 Å². The van der Waals surface area contributed by atoms with E-state index in [-0.39, 0.29) is 17.4 Å². The van der Waals surface area contributed by atoms with Gasteiger partial charge < -0.3 is 19.3 Å². The van der Waals surface area contributed by atoms with Gasteiger partial charge in [-0.2, -0.15) is 0 Å². The SMILES string of the molecule is CCCOc1c(I)cc(/C=C2\SC(=O)N(CC(=O)N3CCN(c4ccccc4)CC3)C2=O)cc1OCC. The molecule has 0 radical (unpaired) electrons. The molecular weight excluding hydrogens is 605 g/mol. The van der Waals surface area contributed by atoms with E-state index in [9.17, 15) is 14.4 Å². The van der Waals surface area contributed by atoms with Gasteiger partial charge in [-0.3, -0.25) is 19.3 Å². The molecule has 0 atom stereocenters. The standard InChI is InChI=1S/C27H30IN3O5S/c1-3-14-36-25-21(28)15-19(16-22(25)35-4-2)17-23-26(33)31(27(34)37-23)18-24(32)30-12-10-29(11-13-30)20-8-6-5-7-9-20/h5-9,15-17H,3-4,10-14,18H2,1-2H3/b23-17-. The number of ether oxygens (including phenoxy) is 2. The maximum atomic E-state index is 13.1. The Morgan fingerprint density at radius 1 is 1.05 bits per heavy atom. The molecule has 2 fully saturated rings. The highest BCUT2D eigenvalue weighted by molar-refractivity contribution is 14.1. The van der Waals surface area contributed by atoms with E-state index >= 15 is 0 Å². The van der Waals surface area contributed by atoms with Crippen LogP contribution in [0.25, 0.3) is 6.08 Å². The Bertz CT molecular complexity index is 1180. The predicted octanol–water partition coefficient (Wildman–Crippen LogP) is 4.86. The van der Waals surface area contributed by atoms with Crippen LogP contribution in [0.15, 0.2) is 47.4 Å². The number of para-hydroxylation sites is 1. The Kier molecular flexibility index (Phi) is 9.36. The minimum atomic E-state index is -0.453. The molecule has 2 aromatic rings. The van der Waals surface area contributed by atoms with Crippen molar-refractivity contribution in [3.8, 4) is 11.5 Å². The maximum absolute atomic E-state index is 13.1. The lowest BCUT2D eigenvalue weighted by atomic mass is 10.2. The molecule has 0 bridgehead atoms. The Morgan fingerprint density at radius 3 is 2.46 bits per heavy atom. The number of anilines is 1. The highest BCUT2D eigenvalue weighted by atomic mass is 127. The fraction of sp³-hybridized carbons (Fsp3) is 0.370. The maximum Gasteiger partial charge on any atom is 0.294 e. The second kappa shape index (κ2) is 12.7. The number of nitrogens with zero attached hydrogens (tertiary/aromatic N) is 3. The topological polar surface area (TPSA) is 79.4 Å². The van der Waals surface area contributed by atoms with E-state index in [1.165, 1.54) is 0 Å². The molecule has 0 aliphatic carbocycles. The van der Waals surface area contributed by atoms with Crippen LogP contribution in [0.2, 0.25) is 0 Å². The molecule has 0 spiro atoms. The zero-order valence-corrected chi connectivity index (χ0v) is 23.9. The lowest BCUT2D eigenvalue weighted by Gasteiger charge is -2.36. The normalized spacial score (nSPS) is 17.1. The van der Waals surface area contributed by atoms with Gasteiger partial charge in [-0.05, 0) is 83.6 Å². The number of halogens is 1. The summed E-state index contributed by atoms with van der Waals surface area (Å²) in [4.78, 5) is 43.9. The second-order valence-corrected chi connectivity index (χ2v) is 10.7. The Balaban J connectivity index is 1.41. The third-order valence-corrected chi connectivity index (χ3v) is 7.71. The number of amides is 3. The van der Waals surface area contributed by atoms with E-state index in [4.69, 9.17) is 9.47 Å². The smallest absolute Gasteiger partial charge is 0.294 e. The van der Waals surface area contributed by atoms with E-state index in [0.29, 0.717) is 50.9 Å². The summed E-state index contributed by atoms with van der Waals surface area (Å²) in [6.07, 6.45) is 2.54. The first-order chi connectivity index (χ1) is 17.9. The van der Waals surface area contributed by atoms with E-state index in [1.807, 2.05) is 56.3 Å². The van der Waals surface area contributed by atoms with E-state index in [2.05, 4.69) is 27.5 Å². The van der Waals surface area contributed by atoms with Crippen LogP contribution < -0.4 is 14.4 Å². The molecule has 4 rings (SSSR count). The molecule has 0 N–H and O–H groups in total. The number of hydrogen-bond donors (Lipinski definition) is 0. The summed E-state index contributed by atoms with van der Waals surface area (Å²) < 4.78 is 12.5. The first kappa shape index (κ1) is 27.3. The van der Waals surface area contributed by atoms with Crippen molar-refractivity contribution in [2.24, 2.45) is 0 Å². The Labute approximate surface area is 235 Å². The molecule has 8 nitrogen and oxygen atoms in total. The summed E-state index contributed by atoms with van der Waals surface area (Å²) in [6, 6.07) is 13.8. The van der Waals surface area contributed by atoms with Gasteiger partial charge in [-0.1, -0.05) is 25.1 Å². The van der Waals surface area contributed by atoms with Crippen LogP contribution in [0, 0.1) is 3.57 Å². The number of piperazine rings is 1. The molecule has 2 aliphatic rings. The average Bonchev–Trinajstić information content (AvgIpc) is 3.16. The van der Waals surface area contributed by atoms with Gasteiger partial charge in [-0.25, -0.2) is 0 Å². The Hall–Kier alpha value is -2.73. The van der Waals surface area contributed by atoms with Crippen molar-refractivity contribution >= 4 is 63.2 Å². The molecule has 2 aromatic carbocycles. The minimum absolute atomic E-state index is 0.220. The largest absolute Gasteiger partial charge is 0.490 e. The number of rotatable bonds is 9. The highest BCUT2D eigenvalue weighted by Crippen LogP contribution is 2.37. The molecule has 0 saturated carbocycles. The lowest BCUT2D eigenvalue weighted by Crippen LogP contribution is -2.51. The third kappa shape index (κ3) is 6.59. The number of hydrogen-bond acceptors (Lipinski definition) is 7. The van der Waals surface area contributed by atoms with Crippen LogP contribution in [0.3, 0.4) is 0 Å². The third-order valence-electron chi connectivity index (χ3n) is 6.00. The van der Waals surface area contributed by atoms with Crippen molar-refractivity contribution < 1.29 is 23.9 Å². The van der Waals surface area contributed by atoms with E-state index < -0.39 is 11.1 Å². The second-order valence-electron chi connectivity index (χ2n) is 8.58. The van der Waals surface area contributed by atoms with Crippen LogP contribution in [0.1, 0.15) is 25.8 Å². The molecule has 2 heterocycles. The van der Waals surface area contributed by atoms with Gasteiger partial charge in [0, 0.05) is 31.9 Å². The average molecular weight is 636 g/mol. The molecule has 196 valence electrons. The highest BCUT2D eigenvalue weighted by Gasteiger charge is 2.37. The van der Waals surface area contributed by atoms with E-state index in [0.717, 1.165) is 37.9 Å². The quantitative estimate of drug-likeness (QED) is 0.288. The molecule has 0 aromatic heterocycles. The van der Waals surface area contributed by atoms with Gasteiger partial charge >= 0.3 is 0 Å². The minimum Gasteiger partial charge on any atom is -0.490 e. The summed E-state index contributed by atoms with van der Waals surface area (Å²) in [6.45, 7) is 7.23. The lowest BCUT2D eigenvalue weighted by molar-refractivity contribution is -0.136. The van der Waals surface area contributed by atoms with Crippen molar-refractivity contribution in [2.75, 3.05) is 50.8 Å². The van der Waals surface area contributed by atoms with Gasteiger partial charge in [-0.15, -0.1) is 0 Å². The van der Waals surface area contributed by atoms with Crippen molar-refractivity contribution in [3.05, 3.63) is 56.5 Å². The van der Waals surface area contributed by atoms with Gasteiger partial charge in [0.2, 0.25) is 5.91 Å². The van der Waals surface area contributed by atoms with Gasteiger partial charge in [0.1, 0.15) is 6.54 Å². The van der Waals surface area contributed by atoms with Crippen LogP contribution in [-0.2, 0) is 9.59 Å². The van der Waals surface area contributed by atoms with Gasteiger partial charge in [0.15, 0.2) is 11.5 Å². The van der Waals surface area contributed by atoms with Crippen molar-refractivity contribution in [1.29, 1.82) is 0 Å². The first-order valence-corrected chi connectivity index (χ1v) is 14.2.